The van der Waals surface area contributed by atoms with Crippen molar-refractivity contribution >= 4 is 21.8 Å². The number of aliphatic hydroxyl groups is 1. The molecule has 2 heterocycles. The Labute approximate surface area is 192 Å². The van der Waals surface area contributed by atoms with Gasteiger partial charge in [-0.25, -0.2) is 14.4 Å². The van der Waals surface area contributed by atoms with Gasteiger partial charge in [-0.15, -0.1) is 0 Å². The molecule has 2 aromatic carbocycles. The predicted molar refractivity (Wildman–Crippen MR) is 127 cm³/mol. The van der Waals surface area contributed by atoms with Crippen molar-refractivity contribution in [3.8, 4) is 11.5 Å². The van der Waals surface area contributed by atoms with E-state index >= 15 is 0 Å². The van der Waals surface area contributed by atoms with E-state index in [4.69, 9.17) is 9.84 Å². The van der Waals surface area contributed by atoms with E-state index in [0.29, 0.717) is 22.4 Å². The summed E-state index contributed by atoms with van der Waals surface area (Å²) in [4.78, 5) is 8.59. The number of alkyl halides is 1. The first-order valence-corrected chi connectivity index (χ1v) is 10.7. The highest BCUT2D eigenvalue weighted by atomic mass is 19.1. The smallest absolute Gasteiger partial charge is 0.144 e. The van der Waals surface area contributed by atoms with Crippen LogP contribution in [0.2, 0.25) is 0 Å². The summed E-state index contributed by atoms with van der Waals surface area (Å²) in [5, 5.41) is 30.7. The lowest BCUT2D eigenvalue weighted by Crippen LogP contribution is -1.99. The number of fused-ring (bicyclic) bond motifs is 2. The first-order chi connectivity index (χ1) is 15.8. The summed E-state index contributed by atoms with van der Waals surface area (Å²) < 4.78 is 17.0. The Morgan fingerprint density at radius 3 is 1.73 bits per heavy atom. The number of nitrogens with zero attached hydrogens (tertiary/aromatic N) is 2. The Morgan fingerprint density at radius 2 is 1.24 bits per heavy atom. The zero-order valence-electron chi connectivity index (χ0n) is 19.3. The lowest BCUT2D eigenvalue weighted by atomic mass is 10.0. The molecule has 4 aromatic rings. The molecule has 33 heavy (non-hydrogen) atoms. The van der Waals surface area contributed by atoms with Crippen LogP contribution in [0.1, 0.15) is 33.6 Å². The molecular weight excluding hydrogens is 423 g/mol. The number of rotatable bonds is 5. The Bertz CT molecular complexity index is 1290. The van der Waals surface area contributed by atoms with E-state index in [1.165, 1.54) is 0 Å². The summed E-state index contributed by atoms with van der Waals surface area (Å²) in [6.45, 7) is 7.36. The van der Waals surface area contributed by atoms with E-state index in [9.17, 15) is 14.6 Å². The molecule has 0 aliphatic rings. The van der Waals surface area contributed by atoms with Crippen LogP contribution in [-0.2, 0) is 18.0 Å². The highest BCUT2D eigenvalue weighted by Gasteiger charge is 2.10. The third-order valence-corrected chi connectivity index (χ3v) is 5.45. The fourth-order valence-corrected chi connectivity index (χ4v) is 3.71. The van der Waals surface area contributed by atoms with Crippen LogP contribution in [0.15, 0.2) is 36.4 Å². The summed E-state index contributed by atoms with van der Waals surface area (Å²) in [5.41, 5.74) is 6.17. The van der Waals surface area contributed by atoms with E-state index in [1.807, 2.05) is 58.0 Å². The molecule has 7 heteroatoms. The monoisotopic (exact) mass is 452 g/mol. The third kappa shape index (κ3) is 5.38. The molecule has 4 rings (SSSR count). The maximum atomic E-state index is 11.9. The molecule has 0 bridgehead atoms. The molecule has 0 aliphatic heterocycles. The average Bonchev–Trinajstić information content (AvgIpc) is 2.81. The summed E-state index contributed by atoms with van der Waals surface area (Å²) in [6.07, 6.45) is 0. The predicted octanol–water partition coefficient (Wildman–Crippen LogP) is 5.09. The maximum Gasteiger partial charge on any atom is 0.144 e. The molecule has 6 nitrogen and oxygen atoms in total. The van der Waals surface area contributed by atoms with E-state index < -0.39 is 6.67 Å². The Morgan fingerprint density at radius 1 is 0.758 bits per heavy atom. The van der Waals surface area contributed by atoms with Crippen LogP contribution < -0.4 is 0 Å². The number of ether oxygens (including phenoxy) is 1. The molecule has 0 radical (unpaired) electrons. The standard InChI is InChI=1S/C14H16FNO2.C12H13NO2/c1-9-7-10(2)14(17)13-12(9)4-3-11(16-13)8-18-6-5-15;1-7-5-8(2)12(15)11-10(7)4-3-9(6-14)13-11/h3-4,7,17H,5-6,8H2,1-2H3;3-5,14-15H,6H2,1-2H3. The molecule has 0 atom stereocenters. The van der Waals surface area contributed by atoms with Gasteiger partial charge in [0.25, 0.3) is 0 Å². The van der Waals surface area contributed by atoms with E-state index in [-0.39, 0.29) is 31.3 Å². The highest BCUT2D eigenvalue weighted by molar-refractivity contribution is 5.89. The molecule has 2 aromatic heterocycles. The van der Waals surface area contributed by atoms with Crippen molar-refractivity contribution in [1.29, 1.82) is 0 Å². The minimum atomic E-state index is -0.503. The van der Waals surface area contributed by atoms with Crippen LogP contribution in [0.5, 0.6) is 11.5 Å². The van der Waals surface area contributed by atoms with Gasteiger partial charge in [0.1, 0.15) is 29.2 Å². The highest BCUT2D eigenvalue weighted by Crippen LogP contribution is 2.30. The molecular formula is C26H29FN2O4. The van der Waals surface area contributed by atoms with Crippen molar-refractivity contribution in [3.63, 3.8) is 0 Å². The molecule has 174 valence electrons. The molecule has 0 saturated carbocycles. The Balaban J connectivity index is 0.000000189. The summed E-state index contributed by atoms with van der Waals surface area (Å²) in [7, 11) is 0. The fourth-order valence-electron chi connectivity index (χ4n) is 3.71. The van der Waals surface area contributed by atoms with Gasteiger partial charge in [-0.1, -0.05) is 24.3 Å². The van der Waals surface area contributed by atoms with E-state index in [0.717, 1.165) is 33.0 Å². The second-order valence-electron chi connectivity index (χ2n) is 8.02. The number of benzene rings is 2. The number of phenols is 2. The van der Waals surface area contributed by atoms with Crippen molar-refractivity contribution in [2.24, 2.45) is 0 Å². The largest absolute Gasteiger partial charge is 0.505 e. The van der Waals surface area contributed by atoms with Crippen LogP contribution in [0.4, 0.5) is 4.39 Å². The molecule has 0 unspecified atom stereocenters. The molecule has 0 aliphatic carbocycles. The topological polar surface area (TPSA) is 95.7 Å². The SMILES string of the molecule is Cc1cc(C)c2ccc(CO)nc2c1O.Cc1cc(C)c2ccc(COCCF)nc2c1O. The van der Waals surface area contributed by atoms with Crippen molar-refractivity contribution in [1.82, 2.24) is 9.97 Å². The van der Waals surface area contributed by atoms with Gasteiger partial charge in [-0.3, -0.25) is 0 Å². The normalized spacial score (nSPS) is 11.0. The minimum absolute atomic E-state index is 0.0680. The number of halogens is 1. The second-order valence-corrected chi connectivity index (χ2v) is 8.02. The number of aliphatic hydroxyl groups excluding tert-OH is 1. The van der Waals surface area contributed by atoms with Crippen LogP contribution in [-0.4, -0.2) is 38.6 Å². The summed E-state index contributed by atoms with van der Waals surface area (Å²) >= 11 is 0. The Hall–Kier alpha value is -3.29. The Kier molecular flexibility index (Phi) is 7.79. The van der Waals surface area contributed by atoms with Gasteiger partial charge in [0.2, 0.25) is 0 Å². The van der Waals surface area contributed by atoms with Gasteiger partial charge < -0.3 is 20.1 Å². The quantitative estimate of drug-likeness (QED) is 0.365. The number of aromatic nitrogens is 2. The van der Waals surface area contributed by atoms with Gasteiger partial charge in [-0.2, -0.15) is 0 Å². The summed E-state index contributed by atoms with van der Waals surface area (Å²) in [6, 6.07) is 11.2. The number of hydrogen-bond acceptors (Lipinski definition) is 6. The first-order valence-electron chi connectivity index (χ1n) is 10.7. The van der Waals surface area contributed by atoms with Gasteiger partial charge >= 0.3 is 0 Å². The molecule has 0 amide bonds. The third-order valence-electron chi connectivity index (χ3n) is 5.45. The van der Waals surface area contributed by atoms with E-state index in [1.54, 1.807) is 6.07 Å². The molecule has 3 N–H and O–H groups in total. The number of aromatic hydroxyl groups is 2. The van der Waals surface area contributed by atoms with Gasteiger partial charge in [-0.05, 0) is 62.1 Å². The number of aryl methyl sites for hydroxylation is 4. The van der Waals surface area contributed by atoms with Crippen molar-refractivity contribution in [3.05, 3.63) is 70.0 Å². The number of phenolic OH excluding ortho intramolecular Hbond substituents is 2. The summed E-state index contributed by atoms with van der Waals surface area (Å²) in [5.74, 6) is 0.397. The zero-order chi connectivity index (χ0) is 24.1. The van der Waals surface area contributed by atoms with Crippen LogP contribution >= 0.6 is 0 Å². The van der Waals surface area contributed by atoms with Crippen molar-refractivity contribution < 1.29 is 24.4 Å². The average molecular weight is 453 g/mol. The second kappa shape index (κ2) is 10.6. The van der Waals surface area contributed by atoms with E-state index in [2.05, 4.69) is 9.97 Å². The van der Waals surface area contributed by atoms with Crippen LogP contribution in [0.3, 0.4) is 0 Å². The lowest BCUT2D eigenvalue weighted by Gasteiger charge is -2.09. The first kappa shape index (κ1) is 24.4. The van der Waals surface area contributed by atoms with Crippen LogP contribution in [0, 0.1) is 27.7 Å². The fraction of sp³-hybridized carbons (Fsp3) is 0.308. The van der Waals surface area contributed by atoms with Gasteiger partial charge in [0, 0.05) is 10.8 Å². The molecule has 0 saturated heterocycles. The zero-order valence-corrected chi connectivity index (χ0v) is 19.3. The van der Waals surface area contributed by atoms with Gasteiger partial charge in [0.05, 0.1) is 31.2 Å². The van der Waals surface area contributed by atoms with Crippen molar-refractivity contribution in [2.75, 3.05) is 13.3 Å². The van der Waals surface area contributed by atoms with Crippen LogP contribution in [0.25, 0.3) is 21.8 Å². The number of hydrogen-bond donors (Lipinski definition) is 3. The van der Waals surface area contributed by atoms with Crippen molar-refractivity contribution in [2.45, 2.75) is 40.9 Å². The molecule has 0 spiro atoms. The lowest BCUT2D eigenvalue weighted by molar-refractivity contribution is 0.104. The van der Waals surface area contributed by atoms with Gasteiger partial charge in [0.15, 0.2) is 0 Å². The minimum Gasteiger partial charge on any atom is -0.505 e. The maximum absolute atomic E-state index is 11.9. The number of pyridine rings is 2. The molecule has 0 fully saturated rings.